The van der Waals surface area contributed by atoms with Gasteiger partial charge in [-0.05, 0) is 37.6 Å². The molecule has 0 fully saturated rings. The Morgan fingerprint density at radius 1 is 1.05 bits per heavy atom. The molecule has 0 saturated heterocycles. The first kappa shape index (κ1) is 29.1. The lowest BCUT2D eigenvalue weighted by atomic mass is 10.0. The van der Waals surface area contributed by atoms with Crippen molar-refractivity contribution < 1.29 is 23.4 Å². The van der Waals surface area contributed by atoms with Gasteiger partial charge in [0.25, 0.3) is 0 Å². The van der Waals surface area contributed by atoms with Crippen LogP contribution in [0.2, 0.25) is 0 Å². The Kier molecular flexibility index (Phi) is 8.56. The molecule has 0 aliphatic heterocycles. The van der Waals surface area contributed by atoms with Crippen LogP contribution in [-0.2, 0) is 11.3 Å². The molecule has 0 saturated carbocycles. The van der Waals surface area contributed by atoms with Crippen LogP contribution in [0.15, 0.2) is 77.9 Å². The van der Waals surface area contributed by atoms with Gasteiger partial charge in [0.05, 0.1) is 27.2 Å². The molecule has 1 atom stereocenters. The van der Waals surface area contributed by atoms with Gasteiger partial charge in [-0.2, -0.15) is 4.68 Å². The van der Waals surface area contributed by atoms with Crippen LogP contribution >= 0.6 is 0 Å². The van der Waals surface area contributed by atoms with Gasteiger partial charge >= 0.3 is 11.7 Å². The lowest BCUT2D eigenvalue weighted by Gasteiger charge is -2.20. The lowest BCUT2D eigenvalue weighted by molar-refractivity contribution is 0.0514. The summed E-state index contributed by atoms with van der Waals surface area (Å²) in [6.07, 6.45) is 1.45. The van der Waals surface area contributed by atoms with Crippen LogP contribution in [-0.4, -0.2) is 51.1 Å². The first-order valence-corrected chi connectivity index (χ1v) is 13.5. The average molecular weight is 587 g/mol. The molecule has 0 radical (unpaired) electrons. The van der Waals surface area contributed by atoms with Gasteiger partial charge in [-0.15, -0.1) is 5.10 Å². The molecule has 2 aromatic heterocycles. The van der Waals surface area contributed by atoms with E-state index >= 15 is 4.39 Å². The van der Waals surface area contributed by atoms with Gasteiger partial charge in [0, 0.05) is 23.9 Å². The number of nitrogens with one attached hydrogen (secondary N) is 2. The van der Waals surface area contributed by atoms with Crippen LogP contribution in [0.3, 0.4) is 0 Å². The Morgan fingerprint density at radius 3 is 2.42 bits per heavy atom. The van der Waals surface area contributed by atoms with E-state index in [1.165, 1.54) is 32.7 Å². The van der Waals surface area contributed by atoms with Crippen molar-refractivity contribution in [2.45, 2.75) is 26.4 Å². The topological polar surface area (TPSA) is 125 Å². The van der Waals surface area contributed by atoms with Gasteiger partial charge in [-0.25, -0.2) is 19.0 Å². The zero-order valence-electron chi connectivity index (χ0n) is 24.1. The van der Waals surface area contributed by atoms with E-state index < -0.39 is 23.5 Å². The van der Waals surface area contributed by atoms with Crippen molar-refractivity contribution in [3.05, 3.63) is 118 Å². The Hall–Kier alpha value is -5.39. The summed E-state index contributed by atoms with van der Waals surface area (Å²) in [6.45, 7) is 4.07. The molecule has 3 aromatic carbocycles. The van der Waals surface area contributed by atoms with Gasteiger partial charge < -0.3 is 24.1 Å². The van der Waals surface area contributed by atoms with E-state index in [1.807, 2.05) is 61.5 Å². The number of hydrogen-bond acceptors (Lipinski definition) is 8. The van der Waals surface area contributed by atoms with Crippen LogP contribution in [0.5, 0.6) is 11.5 Å². The zero-order chi connectivity index (χ0) is 30.5. The fraction of sp³-hybridized carbons (Fsp3) is 0.226. The smallest absolute Gasteiger partial charge is 0.358 e. The number of imidazole rings is 1. The highest BCUT2D eigenvalue weighted by Gasteiger charge is 2.28. The summed E-state index contributed by atoms with van der Waals surface area (Å²) < 4.78 is 34.1. The average Bonchev–Trinajstić information content (AvgIpc) is 3.60. The second-order valence-corrected chi connectivity index (χ2v) is 9.65. The van der Waals surface area contributed by atoms with E-state index in [-0.39, 0.29) is 35.3 Å². The minimum Gasteiger partial charge on any atom is -0.493 e. The number of aromatic nitrogens is 5. The molecule has 43 heavy (non-hydrogen) atoms. The predicted octanol–water partition coefficient (Wildman–Crippen LogP) is 4.65. The Balaban J connectivity index is 1.62. The second kappa shape index (κ2) is 12.6. The first-order valence-electron chi connectivity index (χ1n) is 13.5. The number of rotatable bonds is 11. The maximum Gasteiger partial charge on any atom is 0.358 e. The number of H-pyrrole nitrogens is 1. The number of methoxy groups -OCH3 is 2. The number of aryl methyl sites for hydroxylation is 1. The molecule has 11 nitrogen and oxygen atoms in total. The number of halogens is 1. The summed E-state index contributed by atoms with van der Waals surface area (Å²) in [5, 5.41) is 7.75. The standard InChI is InChI=1S/C31H31FN6O5/c1-5-43-30(39)27-29(33-18-37(27)17-20-9-7-6-8-10-20)38-31(40)35-28(36-38)26(34-21-13-11-19(2)12-14-21)22-15-24(41-3)25(42-4)16-23(22)32/h6-16,18,26,34H,5,17H2,1-4H3,(H,35,36,40). The quantitative estimate of drug-likeness (QED) is 0.214. The van der Waals surface area contributed by atoms with Crippen LogP contribution in [0, 0.1) is 12.7 Å². The van der Waals surface area contributed by atoms with Gasteiger partial charge in [0.2, 0.25) is 0 Å². The molecule has 5 aromatic rings. The van der Waals surface area contributed by atoms with Crippen LogP contribution < -0.4 is 20.5 Å². The van der Waals surface area contributed by atoms with E-state index in [2.05, 4.69) is 20.4 Å². The van der Waals surface area contributed by atoms with Crippen LogP contribution in [0.1, 0.15) is 46.0 Å². The molecular weight excluding hydrogens is 555 g/mol. The first-order chi connectivity index (χ1) is 20.8. The lowest BCUT2D eigenvalue weighted by Crippen LogP contribution is -2.21. The van der Waals surface area contributed by atoms with E-state index in [1.54, 1.807) is 11.5 Å². The number of carbonyl (C=O) groups is 1. The van der Waals surface area contributed by atoms with Crippen LogP contribution in [0.25, 0.3) is 5.82 Å². The van der Waals surface area contributed by atoms with Crippen molar-refractivity contribution in [1.82, 2.24) is 24.3 Å². The normalized spacial score (nSPS) is 11.7. The Morgan fingerprint density at radius 2 is 1.74 bits per heavy atom. The highest BCUT2D eigenvalue weighted by molar-refractivity contribution is 5.91. The molecule has 0 aliphatic carbocycles. The van der Waals surface area contributed by atoms with E-state index in [0.717, 1.165) is 15.8 Å². The summed E-state index contributed by atoms with van der Waals surface area (Å²) >= 11 is 0. The highest BCUT2D eigenvalue weighted by Crippen LogP contribution is 2.35. The highest BCUT2D eigenvalue weighted by atomic mass is 19.1. The SMILES string of the molecule is CCOC(=O)c1c(-n2nc(C(Nc3ccc(C)cc3)c3cc(OC)c(OC)cc3F)[nH]c2=O)ncn1Cc1ccccc1. The summed E-state index contributed by atoms with van der Waals surface area (Å²) in [4.78, 5) is 33.5. The fourth-order valence-electron chi connectivity index (χ4n) is 4.65. The zero-order valence-corrected chi connectivity index (χ0v) is 24.1. The summed E-state index contributed by atoms with van der Waals surface area (Å²) in [5.41, 5.74) is 2.11. The monoisotopic (exact) mass is 586 g/mol. The molecule has 2 N–H and O–H groups in total. The Bertz CT molecular complexity index is 1780. The minimum absolute atomic E-state index is 0.0243. The third kappa shape index (κ3) is 6.13. The molecule has 0 bridgehead atoms. The number of ether oxygens (including phenoxy) is 3. The molecule has 0 amide bonds. The van der Waals surface area contributed by atoms with Crippen molar-refractivity contribution >= 4 is 11.7 Å². The third-order valence-corrected chi connectivity index (χ3v) is 6.77. The summed E-state index contributed by atoms with van der Waals surface area (Å²) in [7, 11) is 2.86. The maximum absolute atomic E-state index is 15.6. The van der Waals surface area contributed by atoms with Gasteiger partial charge in [-0.3, -0.25) is 4.98 Å². The maximum atomic E-state index is 15.6. The van der Waals surface area contributed by atoms with Crippen molar-refractivity contribution in [3.8, 4) is 17.3 Å². The van der Waals surface area contributed by atoms with Gasteiger partial charge in [-0.1, -0.05) is 48.0 Å². The molecule has 222 valence electrons. The number of esters is 1. The number of anilines is 1. The van der Waals surface area contributed by atoms with Crippen molar-refractivity contribution in [1.29, 1.82) is 0 Å². The minimum atomic E-state index is -0.978. The van der Waals surface area contributed by atoms with E-state index in [9.17, 15) is 9.59 Å². The third-order valence-electron chi connectivity index (χ3n) is 6.77. The Labute approximate surface area is 246 Å². The molecule has 5 rings (SSSR count). The van der Waals surface area contributed by atoms with Crippen molar-refractivity contribution in [2.24, 2.45) is 0 Å². The number of nitrogens with zero attached hydrogens (tertiary/aromatic N) is 4. The predicted molar refractivity (Wildman–Crippen MR) is 158 cm³/mol. The number of hydrogen-bond donors (Lipinski definition) is 2. The molecule has 0 spiro atoms. The van der Waals surface area contributed by atoms with E-state index in [0.29, 0.717) is 18.0 Å². The van der Waals surface area contributed by atoms with Crippen LogP contribution in [0.4, 0.5) is 10.1 Å². The molecule has 12 heteroatoms. The molecule has 1 unspecified atom stereocenters. The number of benzene rings is 3. The van der Waals surface area contributed by atoms with Crippen molar-refractivity contribution in [3.63, 3.8) is 0 Å². The second-order valence-electron chi connectivity index (χ2n) is 9.65. The largest absolute Gasteiger partial charge is 0.493 e. The number of aromatic amines is 1. The van der Waals surface area contributed by atoms with E-state index in [4.69, 9.17) is 14.2 Å². The summed E-state index contributed by atoms with van der Waals surface area (Å²) in [5.74, 6) is -0.729. The number of carbonyl (C=O) groups excluding carboxylic acids is 1. The molecule has 0 aliphatic rings. The summed E-state index contributed by atoms with van der Waals surface area (Å²) in [6, 6.07) is 18.7. The molecule has 2 heterocycles. The van der Waals surface area contributed by atoms with Gasteiger partial charge in [0.15, 0.2) is 28.8 Å². The van der Waals surface area contributed by atoms with Gasteiger partial charge in [0.1, 0.15) is 11.9 Å². The van der Waals surface area contributed by atoms with Crippen molar-refractivity contribution in [2.75, 3.05) is 26.1 Å². The molecular formula is C31H31FN6O5. The fourth-order valence-corrected chi connectivity index (χ4v) is 4.65.